The first kappa shape index (κ1) is 11.1. The lowest BCUT2D eigenvalue weighted by Crippen LogP contribution is -2.26. The molecule has 0 bridgehead atoms. The quantitative estimate of drug-likeness (QED) is 0.726. The van der Waals surface area contributed by atoms with Gasteiger partial charge in [0.05, 0.1) is 19.9 Å². The molecule has 0 aliphatic heterocycles. The molecule has 1 aliphatic rings. The number of ketones is 1. The molecule has 0 unspecified atom stereocenters. The number of methoxy groups -OCH3 is 1. The van der Waals surface area contributed by atoms with E-state index < -0.39 is 0 Å². The van der Waals surface area contributed by atoms with Gasteiger partial charge < -0.3 is 10.1 Å². The van der Waals surface area contributed by atoms with E-state index in [9.17, 15) is 4.79 Å². The van der Waals surface area contributed by atoms with E-state index in [-0.39, 0.29) is 5.78 Å². The van der Waals surface area contributed by atoms with E-state index in [4.69, 9.17) is 4.74 Å². The number of hydrogen-bond acceptors (Lipinski definition) is 4. The molecule has 0 aromatic carbocycles. The Morgan fingerprint density at radius 3 is 3.00 bits per heavy atom. The summed E-state index contributed by atoms with van der Waals surface area (Å²) in [5.41, 5.74) is 0.568. The maximum absolute atomic E-state index is 12.0. The van der Waals surface area contributed by atoms with E-state index in [1.807, 2.05) is 6.92 Å². The lowest BCUT2D eigenvalue weighted by Gasteiger charge is -2.06. The minimum atomic E-state index is 0.0445. The highest BCUT2D eigenvalue weighted by molar-refractivity contribution is 5.98. The van der Waals surface area contributed by atoms with E-state index in [1.165, 1.54) is 12.8 Å². The van der Waals surface area contributed by atoms with Crippen LogP contribution in [0.3, 0.4) is 0 Å². The van der Waals surface area contributed by atoms with Crippen LogP contribution >= 0.6 is 0 Å². The van der Waals surface area contributed by atoms with Crippen LogP contribution in [-0.4, -0.2) is 35.3 Å². The highest BCUT2D eigenvalue weighted by atomic mass is 16.5. The third-order valence-corrected chi connectivity index (χ3v) is 2.72. The predicted octanol–water partition coefficient (Wildman–Crippen LogP) is 0.846. The molecule has 1 fully saturated rings. The maximum Gasteiger partial charge on any atom is 0.198 e. The molecule has 1 aromatic rings. The zero-order valence-electron chi connectivity index (χ0n) is 9.69. The molecular formula is C11H17N3O2. The number of ether oxygens (including phenoxy) is 1. The molecule has 5 heteroatoms. The second-order valence-electron chi connectivity index (χ2n) is 3.96. The standard InChI is InChI=1S/C11H17N3O2/c1-3-14-11(10(16-2)7-13-14)9(15)6-12-8-4-5-8/h7-8,12H,3-6H2,1-2H3. The molecule has 88 valence electrons. The number of aryl methyl sites for hydroxylation is 1. The van der Waals surface area contributed by atoms with Gasteiger partial charge in [0.25, 0.3) is 0 Å². The fourth-order valence-corrected chi connectivity index (χ4v) is 1.65. The molecule has 0 atom stereocenters. The fourth-order valence-electron chi connectivity index (χ4n) is 1.65. The lowest BCUT2D eigenvalue weighted by molar-refractivity contribution is 0.0977. The smallest absolute Gasteiger partial charge is 0.198 e. The van der Waals surface area contributed by atoms with Gasteiger partial charge in [0.2, 0.25) is 0 Å². The third kappa shape index (κ3) is 2.24. The van der Waals surface area contributed by atoms with Crippen LogP contribution < -0.4 is 10.1 Å². The number of hydrogen-bond donors (Lipinski definition) is 1. The van der Waals surface area contributed by atoms with Crippen molar-refractivity contribution in [1.82, 2.24) is 15.1 Å². The minimum Gasteiger partial charge on any atom is -0.493 e. The van der Waals surface area contributed by atoms with E-state index in [0.717, 1.165) is 0 Å². The van der Waals surface area contributed by atoms with Gasteiger partial charge in [-0.2, -0.15) is 5.10 Å². The molecule has 5 nitrogen and oxygen atoms in total. The summed E-state index contributed by atoms with van der Waals surface area (Å²) in [5, 5.41) is 7.31. The van der Waals surface area contributed by atoms with Crippen molar-refractivity contribution in [2.24, 2.45) is 0 Å². The molecule has 16 heavy (non-hydrogen) atoms. The van der Waals surface area contributed by atoms with Crippen molar-refractivity contribution >= 4 is 5.78 Å². The van der Waals surface area contributed by atoms with Gasteiger partial charge in [0, 0.05) is 12.6 Å². The summed E-state index contributed by atoms with van der Waals surface area (Å²) in [4.78, 5) is 12.0. The van der Waals surface area contributed by atoms with Crippen LogP contribution in [0.25, 0.3) is 0 Å². The highest BCUT2D eigenvalue weighted by Crippen LogP contribution is 2.20. The molecule has 0 radical (unpaired) electrons. The van der Waals surface area contributed by atoms with Crippen molar-refractivity contribution in [3.8, 4) is 5.75 Å². The number of nitrogens with zero attached hydrogens (tertiary/aromatic N) is 2. The third-order valence-electron chi connectivity index (χ3n) is 2.72. The monoisotopic (exact) mass is 223 g/mol. The fraction of sp³-hybridized carbons (Fsp3) is 0.636. The van der Waals surface area contributed by atoms with Crippen LogP contribution in [0.5, 0.6) is 5.75 Å². The number of carbonyl (C=O) groups is 1. The van der Waals surface area contributed by atoms with E-state index in [1.54, 1.807) is 18.0 Å². The van der Waals surface area contributed by atoms with Gasteiger partial charge in [-0.1, -0.05) is 0 Å². The number of rotatable bonds is 6. The Balaban J connectivity index is 2.09. The summed E-state index contributed by atoms with van der Waals surface area (Å²) in [6, 6.07) is 0.535. The van der Waals surface area contributed by atoms with Gasteiger partial charge in [0.1, 0.15) is 5.69 Å². The Hall–Kier alpha value is -1.36. The molecule has 1 saturated carbocycles. The number of carbonyl (C=O) groups excluding carboxylic acids is 1. The SMILES string of the molecule is CCn1ncc(OC)c1C(=O)CNC1CC1. The average molecular weight is 223 g/mol. The molecule has 0 amide bonds. The van der Waals surface area contributed by atoms with Gasteiger partial charge in [-0.05, 0) is 19.8 Å². The normalized spacial score (nSPS) is 15.1. The van der Waals surface area contributed by atoms with Gasteiger partial charge in [-0.3, -0.25) is 9.48 Å². The predicted molar refractivity (Wildman–Crippen MR) is 59.8 cm³/mol. The van der Waals surface area contributed by atoms with Crippen LogP contribution in [0.15, 0.2) is 6.20 Å². The first-order valence-corrected chi connectivity index (χ1v) is 5.62. The Labute approximate surface area is 94.8 Å². The van der Waals surface area contributed by atoms with Gasteiger partial charge in [-0.25, -0.2) is 0 Å². The van der Waals surface area contributed by atoms with Crippen molar-refractivity contribution < 1.29 is 9.53 Å². The summed E-state index contributed by atoms with van der Waals surface area (Å²) >= 11 is 0. The van der Waals surface area contributed by atoms with E-state index in [2.05, 4.69) is 10.4 Å². The van der Waals surface area contributed by atoms with Crippen molar-refractivity contribution in [1.29, 1.82) is 0 Å². The molecule has 1 heterocycles. The van der Waals surface area contributed by atoms with E-state index >= 15 is 0 Å². The van der Waals surface area contributed by atoms with E-state index in [0.29, 0.717) is 30.6 Å². The topological polar surface area (TPSA) is 56.2 Å². The Morgan fingerprint density at radius 2 is 2.44 bits per heavy atom. The summed E-state index contributed by atoms with van der Waals surface area (Å²) in [6.07, 6.45) is 3.95. The largest absolute Gasteiger partial charge is 0.493 e. The second-order valence-corrected chi connectivity index (χ2v) is 3.96. The number of nitrogens with one attached hydrogen (secondary N) is 1. The lowest BCUT2D eigenvalue weighted by atomic mass is 10.2. The molecule has 0 saturated heterocycles. The summed E-state index contributed by atoms with van der Waals surface area (Å²) in [7, 11) is 1.56. The van der Waals surface area contributed by atoms with Crippen molar-refractivity contribution in [3.05, 3.63) is 11.9 Å². The molecule has 1 aromatic heterocycles. The molecular weight excluding hydrogens is 206 g/mol. The van der Waals surface area contributed by atoms with Crippen LogP contribution in [0.2, 0.25) is 0 Å². The summed E-state index contributed by atoms with van der Waals surface area (Å²) in [6.45, 7) is 3.00. The maximum atomic E-state index is 12.0. The van der Waals surface area contributed by atoms with Gasteiger partial charge in [-0.15, -0.1) is 0 Å². The Bertz CT molecular complexity index is 361. The first-order chi connectivity index (χ1) is 7.76. The summed E-state index contributed by atoms with van der Waals surface area (Å²) in [5.74, 6) is 0.604. The zero-order chi connectivity index (χ0) is 11.5. The van der Waals surface area contributed by atoms with Crippen LogP contribution in [-0.2, 0) is 6.54 Å². The molecule has 1 N–H and O–H groups in total. The van der Waals surface area contributed by atoms with Crippen molar-refractivity contribution in [2.75, 3.05) is 13.7 Å². The Kier molecular flexibility index (Phi) is 3.24. The van der Waals surface area contributed by atoms with Crippen molar-refractivity contribution in [3.63, 3.8) is 0 Å². The van der Waals surface area contributed by atoms with Crippen LogP contribution in [0, 0.1) is 0 Å². The second kappa shape index (κ2) is 4.65. The Morgan fingerprint density at radius 1 is 1.69 bits per heavy atom. The molecule has 1 aliphatic carbocycles. The number of Topliss-reactive ketones (excluding diaryl/α,β-unsaturated/α-hetero) is 1. The van der Waals surface area contributed by atoms with Crippen LogP contribution in [0.4, 0.5) is 0 Å². The van der Waals surface area contributed by atoms with Gasteiger partial charge in [0.15, 0.2) is 11.5 Å². The van der Waals surface area contributed by atoms with Crippen molar-refractivity contribution in [2.45, 2.75) is 32.4 Å². The molecule has 2 rings (SSSR count). The number of aromatic nitrogens is 2. The van der Waals surface area contributed by atoms with Gasteiger partial charge >= 0.3 is 0 Å². The van der Waals surface area contributed by atoms with Crippen LogP contribution in [0.1, 0.15) is 30.3 Å². The first-order valence-electron chi connectivity index (χ1n) is 5.62. The zero-order valence-corrected chi connectivity index (χ0v) is 9.69. The molecule has 0 spiro atoms. The average Bonchev–Trinajstić information content (AvgIpc) is 3.03. The summed E-state index contributed by atoms with van der Waals surface area (Å²) < 4.78 is 6.82. The minimum absolute atomic E-state index is 0.0445. The highest BCUT2D eigenvalue weighted by Gasteiger charge is 2.24.